The van der Waals surface area contributed by atoms with E-state index in [2.05, 4.69) is 11.1 Å². The molecule has 0 saturated heterocycles. The van der Waals surface area contributed by atoms with Crippen LogP contribution >= 0.6 is 11.6 Å². The predicted octanol–water partition coefficient (Wildman–Crippen LogP) is 3.28. The first kappa shape index (κ1) is 11.4. The Kier molecular flexibility index (Phi) is 3.27. The van der Waals surface area contributed by atoms with Crippen molar-refractivity contribution in [2.24, 2.45) is 0 Å². The molecule has 0 aliphatic rings. The van der Waals surface area contributed by atoms with E-state index in [0.717, 1.165) is 11.1 Å². The van der Waals surface area contributed by atoms with Gasteiger partial charge < -0.3 is 4.74 Å². The lowest BCUT2D eigenvalue weighted by atomic mass is 10.0. The quantitative estimate of drug-likeness (QED) is 0.814. The average molecular weight is 245 g/mol. The van der Waals surface area contributed by atoms with Gasteiger partial charge in [-0.1, -0.05) is 11.6 Å². The zero-order valence-electron chi connectivity index (χ0n) is 9.14. The van der Waals surface area contributed by atoms with Crippen LogP contribution in [-0.4, -0.2) is 12.1 Å². The summed E-state index contributed by atoms with van der Waals surface area (Å²) in [5.41, 5.74) is 2.05. The lowest BCUT2D eigenvalue weighted by Gasteiger charge is -2.09. The van der Waals surface area contributed by atoms with Gasteiger partial charge in [0.25, 0.3) is 0 Å². The molecule has 2 aromatic rings. The second-order valence-corrected chi connectivity index (χ2v) is 3.81. The number of benzene rings is 1. The molecule has 1 aromatic heterocycles. The average Bonchev–Trinajstić information content (AvgIpc) is 2.38. The van der Waals surface area contributed by atoms with E-state index in [-0.39, 0.29) is 0 Å². The molecule has 0 unspecified atom stereocenters. The first-order valence-corrected chi connectivity index (χ1v) is 5.32. The number of rotatable bonds is 2. The molecular formula is C13H9ClN2O. The summed E-state index contributed by atoms with van der Waals surface area (Å²) in [6, 6.07) is 9.17. The molecule has 0 amide bonds. The molecule has 2 rings (SSSR count). The zero-order chi connectivity index (χ0) is 12.3. The summed E-state index contributed by atoms with van der Waals surface area (Å²) in [5.74, 6) is 0.678. The van der Waals surface area contributed by atoms with Gasteiger partial charge >= 0.3 is 0 Å². The van der Waals surface area contributed by atoms with Gasteiger partial charge in [0.2, 0.25) is 0 Å². The van der Waals surface area contributed by atoms with E-state index < -0.39 is 0 Å². The highest BCUT2D eigenvalue weighted by Gasteiger charge is 2.10. The fourth-order valence-corrected chi connectivity index (χ4v) is 1.78. The first-order chi connectivity index (χ1) is 8.26. The molecular weight excluding hydrogens is 236 g/mol. The summed E-state index contributed by atoms with van der Waals surface area (Å²) in [5, 5.41) is 9.65. The Morgan fingerprint density at radius 1 is 1.29 bits per heavy atom. The van der Waals surface area contributed by atoms with Crippen molar-refractivity contribution in [3.8, 4) is 22.9 Å². The number of halogens is 1. The lowest BCUT2D eigenvalue weighted by molar-refractivity contribution is 0.416. The van der Waals surface area contributed by atoms with E-state index in [1.54, 1.807) is 37.6 Å². The predicted molar refractivity (Wildman–Crippen MR) is 66.0 cm³/mol. The minimum atomic E-state index is 0.494. The Balaban J connectivity index is 2.68. The fourth-order valence-electron chi connectivity index (χ4n) is 1.61. The topological polar surface area (TPSA) is 45.9 Å². The van der Waals surface area contributed by atoms with Crippen molar-refractivity contribution < 1.29 is 4.74 Å². The van der Waals surface area contributed by atoms with Crippen LogP contribution in [0.15, 0.2) is 36.7 Å². The minimum absolute atomic E-state index is 0.494. The van der Waals surface area contributed by atoms with Crippen LogP contribution in [0.3, 0.4) is 0 Å². The van der Waals surface area contributed by atoms with Crippen LogP contribution in [-0.2, 0) is 0 Å². The molecule has 0 aliphatic carbocycles. The van der Waals surface area contributed by atoms with Gasteiger partial charge in [0, 0.05) is 28.5 Å². The highest BCUT2D eigenvalue weighted by atomic mass is 35.5. The van der Waals surface area contributed by atoms with Gasteiger partial charge in [0.05, 0.1) is 12.7 Å². The Bertz CT molecular complexity index is 590. The molecule has 0 saturated carbocycles. The monoisotopic (exact) mass is 244 g/mol. The van der Waals surface area contributed by atoms with Crippen LogP contribution in [0.1, 0.15) is 5.56 Å². The number of nitrogens with zero attached hydrogens (tertiary/aromatic N) is 2. The number of aromatic nitrogens is 1. The van der Waals surface area contributed by atoms with Crippen LogP contribution < -0.4 is 4.74 Å². The van der Waals surface area contributed by atoms with Crippen LogP contribution in [0.2, 0.25) is 5.02 Å². The highest BCUT2D eigenvalue weighted by molar-refractivity contribution is 6.31. The molecule has 0 spiro atoms. The van der Waals surface area contributed by atoms with E-state index in [1.165, 1.54) is 6.20 Å². The molecule has 0 N–H and O–H groups in total. The number of methoxy groups -OCH3 is 1. The molecule has 0 bridgehead atoms. The van der Waals surface area contributed by atoms with Gasteiger partial charge in [-0.2, -0.15) is 5.26 Å². The second-order valence-electron chi connectivity index (χ2n) is 3.38. The maximum absolute atomic E-state index is 9.05. The normalized spacial score (nSPS) is 9.71. The third kappa shape index (κ3) is 2.22. The molecule has 1 heterocycles. The SMILES string of the molecule is COc1ccc(Cl)cc1-c1ccncc1C#N. The Morgan fingerprint density at radius 3 is 2.82 bits per heavy atom. The number of nitriles is 1. The minimum Gasteiger partial charge on any atom is -0.496 e. The summed E-state index contributed by atoms with van der Waals surface area (Å²) in [6.45, 7) is 0. The standard InChI is InChI=1S/C13H9ClN2O/c1-17-13-3-2-10(14)6-12(13)11-4-5-16-8-9(11)7-15/h2-6,8H,1H3. The van der Waals surface area contributed by atoms with Gasteiger partial charge in [-0.25, -0.2) is 0 Å². The highest BCUT2D eigenvalue weighted by Crippen LogP contribution is 2.33. The van der Waals surface area contributed by atoms with Gasteiger partial charge in [0.15, 0.2) is 0 Å². The molecule has 17 heavy (non-hydrogen) atoms. The van der Waals surface area contributed by atoms with Gasteiger partial charge in [-0.15, -0.1) is 0 Å². The van der Waals surface area contributed by atoms with E-state index in [4.69, 9.17) is 21.6 Å². The number of ether oxygens (including phenoxy) is 1. The maximum Gasteiger partial charge on any atom is 0.126 e. The lowest BCUT2D eigenvalue weighted by Crippen LogP contribution is -1.91. The van der Waals surface area contributed by atoms with Crippen molar-refractivity contribution in [2.75, 3.05) is 7.11 Å². The van der Waals surface area contributed by atoms with Crippen molar-refractivity contribution in [1.82, 2.24) is 4.98 Å². The largest absolute Gasteiger partial charge is 0.496 e. The zero-order valence-corrected chi connectivity index (χ0v) is 9.90. The summed E-state index contributed by atoms with van der Waals surface area (Å²) in [4.78, 5) is 3.92. The van der Waals surface area contributed by atoms with Crippen LogP contribution in [0, 0.1) is 11.3 Å². The molecule has 4 heteroatoms. The molecule has 0 aliphatic heterocycles. The number of pyridine rings is 1. The molecule has 0 atom stereocenters. The van der Waals surface area contributed by atoms with Crippen LogP contribution in [0.4, 0.5) is 0 Å². The van der Waals surface area contributed by atoms with E-state index in [0.29, 0.717) is 16.3 Å². The molecule has 0 fully saturated rings. The van der Waals surface area contributed by atoms with Crippen molar-refractivity contribution in [2.45, 2.75) is 0 Å². The summed E-state index contributed by atoms with van der Waals surface area (Å²) in [7, 11) is 1.58. The Morgan fingerprint density at radius 2 is 2.12 bits per heavy atom. The van der Waals surface area contributed by atoms with Crippen LogP contribution in [0.25, 0.3) is 11.1 Å². The third-order valence-corrected chi connectivity index (χ3v) is 2.63. The second kappa shape index (κ2) is 4.86. The van der Waals surface area contributed by atoms with E-state index in [1.807, 2.05) is 0 Å². The Labute approximate surface area is 104 Å². The summed E-state index contributed by atoms with van der Waals surface area (Å²) < 4.78 is 5.27. The van der Waals surface area contributed by atoms with Crippen molar-refractivity contribution in [3.05, 3.63) is 47.2 Å². The van der Waals surface area contributed by atoms with Crippen molar-refractivity contribution in [3.63, 3.8) is 0 Å². The molecule has 0 radical (unpaired) electrons. The van der Waals surface area contributed by atoms with Gasteiger partial charge in [-0.3, -0.25) is 4.98 Å². The third-order valence-electron chi connectivity index (χ3n) is 2.39. The summed E-state index contributed by atoms with van der Waals surface area (Å²) in [6.07, 6.45) is 3.16. The van der Waals surface area contributed by atoms with Gasteiger partial charge in [0.1, 0.15) is 11.8 Å². The van der Waals surface area contributed by atoms with E-state index in [9.17, 15) is 0 Å². The molecule has 1 aromatic carbocycles. The van der Waals surface area contributed by atoms with Crippen molar-refractivity contribution in [1.29, 1.82) is 5.26 Å². The number of hydrogen-bond acceptors (Lipinski definition) is 3. The van der Waals surface area contributed by atoms with Gasteiger partial charge in [-0.05, 0) is 24.3 Å². The van der Waals surface area contributed by atoms with E-state index >= 15 is 0 Å². The first-order valence-electron chi connectivity index (χ1n) is 4.94. The number of hydrogen-bond donors (Lipinski definition) is 0. The molecule has 3 nitrogen and oxygen atoms in total. The fraction of sp³-hybridized carbons (Fsp3) is 0.0769. The summed E-state index contributed by atoms with van der Waals surface area (Å²) >= 11 is 5.97. The maximum atomic E-state index is 9.05. The van der Waals surface area contributed by atoms with Crippen LogP contribution in [0.5, 0.6) is 5.75 Å². The Hall–Kier alpha value is -2.05. The smallest absolute Gasteiger partial charge is 0.126 e. The molecule has 84 valence electrons. The van der Waals surface area contributed by atoms with Crippen molar-refractivity contribution >= 4 is 11.6 Å².